The molecule has 0 spiro atoms. The minimum Gasteiger partial charge on any atom is -0.351 e. The molecule has 28 heavy (non-hydrogen) atoms. The number of hydrogen-bond donors (Lipinski definition) is 3. The van der Waals surface area contributed by atoms with Crippen LogP contribution >= 0.6 is 28.3 Å². The first-order valence-electron chi connectivity index (χ1n) is 9.01. The van der Waals surface area contributed by atoms with Crippen LogP contribution in [0.3, 0.4) is 0 Å². The van der Waals surface area contributed by atoms with Gasteiger partial charge in [0.2, 0.25) is 0 Å². The van der Waals surface area contributed by atoms with Crippen molar-refractivity contribution < 1.29 is 9.59 Å². The van der Waals surface area contributed by atoms with Gasteiger partial charge in [0.25, 0.3) is 11.8 Å². The maximum Gasteiger partial charge on any atom is 0.256 e. The molecule has 2 amide bonds. The highest BCUT2D eigenvalue weighted by Gasteiger charge is 2.16. The Morgan fingerprint density at radius 2 is 1.61 bits per heavy atom. The van der Waals surface area contributed by atoms with Gasteiger partial charge in [-0.15, -0.1) is 12.4 Å². The molecule has 1 aliphatic heterocycles. The van der Waals surface area contributed by atoms with Crippen molar-refractivity contribution in [2.75, 3.05) is 44.6 Å². The van der Waals surface area contributed by atoms with Gasteiger partial charge in [0.05, 0.1) is 16.8 Å². The molecule has 0 saturated carbocycles. The maximum atomic E-state index is 12.6. The van der Waals surface area contributed by atoms with E-state index in [0.717, 1.165) is 32.7 Å². The Hall–Kier alpha value is -1.93. The average Bonchev–Trinajstić information content (AvgIpc) is 2.69. The number of benzene rings is 2. The fourth-order valence-corrected chi connectivity index (χ4v) is 3.45. The number of rotatable bonds is 6. The minimum atomic E-state index is -0.261. The second-order valence-corrected chi connectivity index (χ2v) is 7.18. The molecule has 2 aromatic rings. The molecule has 0 atom stereocenters. The largest absolute Gasteiger partial charge is 0.351 e. The Kier molecular flexibility index (Phi) is 8.92. The third kappa shape index (κ3) is 6.04. The lowest BCUT2D eigenvalue weighted by Crippen LogP contribution is -2.46. The topological polar surface area (TPSA) is 73.5 Å². The number of para-hydroxylation sites is 1. The second kappa shape index (κ2) is 11.2. The summed E-state index contributed by atoms with van der Waals surface area (Å²) in [6.07, 6.45) is 0. The summed E-state index contributed by atoms with van der Waals surface area (Å²) in [6, 6.07) is 14.2. The molecule has 8 heteroatoms. The lowest BCUT2D eigenvalue weighted by molar-refractivity contribution is 0.0948. The van der Waals surface area contributed by atoms with Gasteiger partial charge in [-0.25, -0.2) is 0 Å². The predicted octanol–water partition coefficient (Wildman–Crippen LogP) is 2.76. The Labute approximate surface area is 179 Å². The van der Waals surface area contributed by atoms with Crippen LogP contribution < -0.4 is 16.0 Å². The molecule has 150 valence electrons. The van der Waals surface area contributed by atoms with Crippen LogP contribution in [-0.2, 0) is 0 Å². The van der Waals surface area contributed by atoms with Gasteiger partial charge in [0.15, 0.2) is 0 Å². The molecular weight excluding hydrogens is 444 g/mol. The number of piperazine rings is 1. The molecule has 1 heterocycles. The van der Waals surface area contributed by atoms with E-state index in [4.69, 9.17) is 0 Å². The third-order valence-electron chi connectivity index (χ3n) is 4.46. The Balaban J connectivity index is 0.00000280. The molecule has 0 radical (unpaired) electrons. The molecule has 0 bridgehead atoms. The summed E-state index contributed by atoms with van der Waals surface area (Å²) in [4.78, 5) is 27.5. The van der Waals surface area contributed by atoms with E-state index >= 15 is 0 Å². The monoisotopic (exact) mass is 466 g/mol. The van der Waals surface area contributed by atoms with E-state index in [9.17, 15) is 9.59 Å². The zero-order valence-electron chi connectivity index (χ0n) is 15.4. The van der Waals surface area contributed by atoms with Crippen LogP contribution in [0.25, 0.3) is 0 Å². The van der Waals surface area contributed by atoms with Crippen LogP contribution in [0.15, 0.2) is 53.0 Å². The smallest absolute Gasteiger partial charge is 0.256 e. The molecule has 3 rings (SSSR count). The van der Waals surface area contributed by atoms with Gasteiger partial charge >= 0.3 is 0 Å². The highest BCUT2D eigenvalue weighted by atomic mass is 79.9. The minimum absolute atomic E-state index is 0. The van der Waals surface area contributed by atoms with Crippen LogP contribution in [0.2, 0.25) is 0 Å². The summed E-state index contributed by atoms with van der Waals surface area (Å²) in [6.45, 7) is 5.35. The zero-order valence-corrected chi connectivity index (χ0v) is 17.8. The molecule has 1 saturated heterocycles. The highest BCUT2D eigenvalue weighted by molar-refractivity contribution is 9.10. The molecule has 0 aliphatic carbocycles. The van der Waals surface area contributed by atoms with Gasteiger partial charge in [0, 0.05) is 43.7 Å². The lowest BCUT2D eigenvalue weighted by Gasteiger charge is -2.27. The van der Waals surface area contributed by atoms with Crippen LogP contribution in [0.1, 0.15) is 20.7 Å². The van der Waals surface area contributed by atoms with Crippen molar-refractivity contribution in [1.29, 1.82) is 0 Å². The number of hydrogen-bond acceptors (Lipinski definition) is 4. The van der Waals surface area contributed by atoms with Gasteiger partial charge in [-0.3, -0.25) is 14.5 Å². The van der Waals surface area contributed by atoms with Gasteiger partial charge in [-0.1, -0.05) is 24.3 Å². The molecule has 6 nitrogen and oxygen atoms in total. The average molecular weight is 468 g/mol. The fourth-order valence-electron chi connectivity index (χ4n) is 2.98. The molecular formula is C20H24BrClN4O2. The Morgan fingerprint density at radius 3 is 2.32 bits per heavy atom. The molecule has 0 unspecified atom stereocenters. The van der Waals surface area contributed by atoms with E-state index in [2.05, 4.69) is 36.8 Å². The van der Waals surface area contributed by atoms with Crippen molar-refractivity contribution in [2.24, 2.45) is 0 Å². The summed E-state index contributed by atoms with van der Waals surface area (Å²) in [7, 11) is 0. The zero-order chi connectivity index (χ0) is 19.1. The normalized spacial score (nSPS) is 14.0. The highest BCUT2D eigenvalue weighted by Crippen LogP contribution is 2.20. The first-order valence-corrected chi connectivity index (χ1v) is 9.80. The fraction of sp³-hybridized carbons (Fsp3) is 0.300. The van der Waals surface area contributed by atoms with Crippen molar-refractivity contribution in [3.05, 3.63) is 64.1 Å². The van der Waals surface area contributed by atoms with E-state index in [1.807, 2.05) is 12.1 Å². The maximum absolute atomic E-state index is 12.6. The second-order valence-electron chi connectivity index (χ2n) is 6.33. The molecule has 2 aromatic carbocycles. The molecule has 1 fully saturated rings. The lowest BCUT2D eigenvalue weighted by atomic mass is 10.1. The van der Waals surface area contributed by atoms with E-state index in [1.165, 1.54) is 0 Å². The van der Waals surface area contributed by atoms with Crippen molar-refractivity contribution >= 4 is 45.8 Å². The molecule has 3 N–H and O–H groups in total. The van der Waals surface area contributed by atoms with E-state index in [1.54, 1.807) is 36.4 Å². The number of nitrogens with one attached hydrogen (secondary N) is 3. The van der Waals surface area contributed by atoms with Crippen LogP contribution in [0.5, 0.6) is 0 Å². The molecule has 0 aromatic heterocycles. The number of anilines is 1. The van der Waals surface area contributed by atoms with Gasteiger partial charge < -0.3 is 16.0 Å². The van der Waals surface area contributed by atoms with Crippen LogP contribution in [-0.4, -0.2) is 56.0 Å². The number of carbonyl (C=O) groups is 2. The predicted molar refractivity (Wildman–Crippen MR) is 117 cm³/mol. The van der Waals surface area contributed by atoms with Crippen LogP contribution in [0.4, 0.5) is 5.69 Å². The summed E-state index contributed by atoms with van der Waals surface area (Å²) in [5.74, 6) is -0.447. The first kappa shape index (κ1) is 22.4. The summed E-state index contributed by atoms with van der Waals surface area (Å²) < 4.78 is 0.709. The Morgan fingerprint density at radius 1 is 0.964 bits per heavy atom. The van der Waals surface area contributed by atoms with E-state index in [0.29, 0.717) is 27.8 Å². The SMILES string of the molecule is Cl.O=C(Nc1ccccc1C(=O)NCCN1CCNCC1)c1ccccc1Br. The van der Waals surface area contributed by atoms with Gasteiger partial charge in [-0.2, -0.15) is 0 Å². The number of carbonyl (C=O) groups excluding carboxylic acids is 2. The number of amides is 2. The van der Waals surface area contributed by atoms with Gasteiger partial charge in [-0.05, 0) is 40.2 Å². The number of nitrogens with zero attached hydrogens (tertiary/aromatic N) is 1. The standard InChI is InChI=1S/C20H23BrN4O2.ClH/c21-17-7-3-1-5-15(17)20(27)24-18-8-4-2-6-16(18)19(26)23-11-14-25-12-9-22-10-13-25;/h1-8,22H,9-14H2,(H,23,26)(H,24,27);1H. The molecule has 1 aliphatic rings. The Bertz CT molecular complexity index is 812. The first-order chi connectivity index (χ1) is 13.1. The van der Waals surface area contributed by atoms with Crippen LogP contribution in [0, 0.1) is 0 Å². The van der Waals surface area contributed by atoms with Crippen molar-refractivity contribution in [2.45, 2.75) is 0 Å². The third-order valence-corrected chi connectivity index (χ3v) is 5.15. The van der Waals surface area contributed by atoms with Gasteiger partial charge in [0.1, 0.15) is 0 Å². The van der Waals surface area contributed by atoms with E-state index in [-0.39, 0.29) is 24.2 Å². The number of halogens is 2. The summed E-state index contributed by atoms with van der Waals surface area (Å²) in [5.41, 5.74) is 1.47. The summed E-state index contributed by atoms with van der Waals surface area (Å²) in [5, 5.41) is 9.10. The van der Waals surface area contributed by atoms with Crippen molar-refractivity contribution in [1.82, 2.24) is 15.5 Å². The summed E-state index contributed by atoms with van der Waals surface area (Å²) >= 11 is 3.38. The van der Waals surface area contributed by atoms with Crippen molar-refractivity contribution in [3.8, 4) is 0 Å². The quantitative estimate of drug-likeness (QED) is 0.611. The van der Waals surface area contributed by atoms with E-state index < -0.39 is 0 Å². The van der Waals surface area contributed by atoms with Crippen molar-refractivity contribution in [3.63, 3.8) is 0 Å².